The van der Waals surface area contributed by atoms with E-state index in [9.17, 15) is 28.3 Å². The number of nitrogens with zero attached hydrogens (tertiary/aromatic N) is 4. The predicted molar refractivity (Wildman–Crippen MR) is 102 cm³/mol. The molecule has 3 aromatic rings. The van der Waals surface area contributed by atoms with Crippen LogP contribution in [0.15, 0.2) is 56.6 Å². The minimum absolute atomic E-state index is 0.0366. The first kappa shape index (κ1) is 20.1. The largest absolute Gasteiger partial charge is 0.491 e. The summed E-state index contributed by atoms with van der Waals surface area (Å²) in [5.41, 5.74) is -0.510. The van der Waals surface area contributed by atoms with Gasteiger partial charge in [-0.05, 0) is 45.8 Å². The van der Waals surface area contributed by atoms with Crippen LogP contribution in [0.25, 0.3) is 5.57 Å². The number of fused-ring (bicyclic) bond motifs is 1. The summed E-state index contributed by atoms with van der Waals surface area (Å²) < 4.78 is 40.7. The van der Waals surface area contributed by atoms with E-state index in [4.69, 9.17) is 11.6 Å². The fraction of sp³-hybridized carbons (Fsp3) is 0.111. The first-order chi connectivity index (χ1) is 14.1. The number of hydrogen-bond acceptors (Lipinski definition) is 7. The van der Waals surface area contributed by atoms with Crippen LogP contribution in [0.3, 0.4) is 0 Å². The molecule has 4 rings (SSSR count). The third-order valence-corrected chi connectivity index (χ3v) is 5.63. The quantitative estimate of drug-likeness (QED) is 0.591. The first-order valence-electron chi connectivity index (χ1n) is 8.27. The van der Waals surface area contributed by atoms with Gasteiger partial charge in [0.25, 0.3) is 0 Å². The van der Waals surface area contributed by atoms with Gasteiger partial charge in [-0.2, -0.15) is 13.2 Å². The SMILES string of the molecule is O=c1sc(C(Cc2ccc(Cl)cc2C(F)(F)F)=c2ccc3c(c2)N=NN=3)c(O)n1O. The van der Waals surface area contributed by atoms with Crippen molar-refractivity contribution in [1.82, 2.24) is 4.73 Å². The minimum Gasteiger partial charge on any atom is -0.491 e. The number of halogens is 4. The van der Waals surface area contributed by atoms with E-state index in [2.05, 4.69) is 15.4 Å². The number of hydrogen-bond donors (Lipinski definition) is 2. The number of benzene rings is 2. The molecule has 0 bridgehead atoms. The molecule has 0 saturated carbocycles. The summed E-state index contributed by atoms with van der Waals surface area (Å²) in [5, 5.41) is 31.8. The molecule has 2 heterocycles. The van der Waals surface area contributed by atoms with E-state index in [1.54, 1.807) is 12.1 Å². The molecule has 2 aromatic carbocycles. The molecule has 0 aliphatic carbocycles. The van der Waals surface area contributed by atoms with Crippen LogP contribution in [-0.4, -0.2) is 15.0 Å². The van der Waals surface area contributed by atoms with Crippen molar-refractivity contribution in [2.24, 2.45) is 15.4 Å². The molecule has 0 saturated heterocycles. The Morgan fingerprint density at radius 2 is 1.97 bits per heavy atom. The highest BCUT2D eigenvalue weighted by molar-refractivity contribution is 7.10. The minimum atomic E-state index is -4.67. The zero-order valence-electron chi connectivity index (χ0n) is 14.7. The fourth-order valence-corrected chi connectivity index (χ4v) is 4.03. The van der Waals surface area contributed by atoms with Gasteiger partial charge in [-0.3, -0.25) is 4.79 Å². The summed E-state index contributed by atoms with van der Waals surface area (Å²) >= 11 is 6.25. The second-order valence-corrected chi connectivity index (χ2v) is 7.68. The van der Waals surface area contributed by atoms with Crippen LogP contribution in [-0.2, 0) is 12.6 Å². The first-order valence-corrected chi connectivity index (χ1v) is 9.46. The van der Waals surface area contributed by atoms with Crippen LogP contribution < -0.4 is 15.4 Å². The van der Waals surface area contributed by atoms with E-state index >= 15 is 0 Å². The lowest BCUT2D eigenvalue weighted by molar-refractivity contribution is -0.138. The van der Waals surface area contributed by atoms with Gasteiger partial charge in [0.15, 0.2) is 0 Å². The average molecular weight is 455 g/mol. The molecule has 1 aromatic heterocycles. The second-order valence-electron chi connectivity index (χ2n) is 6.28. The number of aromatic hydroxyl groups is 1. The number of alkyl halides is 3. The van der Waals surface area contributed by atoms with Gasteiger partial charge in [0.05, 0.1) is 10.4 Å². The summed E-state index contributed by atoms with van der Waals surface area (Å²) in [6.45, 7) is 0. The van der Waals surface area contributed by atoms with E-state index in [1.807, 2.05) is 0 Å². The van der Waals surface area contributed by atoms with Gasteiger partial charge in [-0.15, -0.1) is 14.9 Å². The molecule has 0 amide bonds. The maximum absolute atomic E-state index is 13.6. The smallest absolute Gasteiger partial charge is 0.416 e. The summed E-state index contributed by atoms with van der Waals surface area (Å²) in [6, 6.07) is 8.00. The van der Waals surface area contributed by atoms with Crippen molar-refractivity contribution in [3.63, 3.8) is 0 Å². The molecule has 0 unspecified atom stereocenters. The molecule has 0 spiro atoms. The molecule has 0 atom stereocenters. The van der Waals surface area contributed by atoms with Crippen LogP contribution in [0.2, 0.25) is 5.02 Å². The monoisotopic (exact) mass is 454 g/mol. The van der Waals surface area contributed by atoms with Gasteiger partial charge in [0, 0.05) is 11.4 Å². The Kier molecular flexibility index (Phi) is 4.86. The lowest BCUT2D eigenvalue weighted by atomic mass is 9.96. The van der Waals surface area contributed by atoms with Crippen LogP contribution in [0.1, 0.15) is 16.0 Å². The van der Waals surface area contributed by atoms with E-state index in [0.29, 0.717) is 27.6 Å². The van der Waals surface area contributed by atoms with Crippen molar-refractivity contribution < 1.29 is 23.5 Å². The topological polar surface area (TPSA) is 99.5 Å². The zero-order chi connectivity index (χ0) is 21.6. The van der Waals surface area contributed by atoms with Crippen molar-refractivity contribution in [2.45, 2.75) is 12.6 Å². The van der Waals surface area contributed by atoms with E-state index in [-0.39, 0.29) is 32.2 Å². The molecule has 12 heteroatoms. The molecule has 0 radical (unpaired) electrons. The van der Waals surface area contributed by atoms with Crippen molar-refractivity contribution >= 4 is 34.2 Å². The Morgan fingerprint density at radius 3 is 2.63 bits per heavy atom. The van der Waals surface area contributed by atoms with Crippen LogP contribution in [0.4, 0.5) is 18.9 Å². The highest BCUT2D eigenvalue weighted by Gasteiger charge is 2.34. The standard InChI is InChI=1S/C18H10ClF3N4O3S/c19-10-3-1-9(12(7-10)18(20,21)22)5-11(15-16(27)26(29)17(28)30-15)8-2-4-13-14(6-8)24-25-23-13/h1-4,6-7,27,29H,5H2. The summed E-state index contributed by atoms with van der Waals surface area (Å²) in [7, 11) is 0. The average Bonchev–Trinajstić information content (AvgIpc) is 3.26. The Labute approximate surface area is 174 Å². The van der Waals surface area contributed by atoms with Crippen molar-refractivity contribution in [2.75, 3.05) is 0 Å². The van der Waals surface area contributed by atoms with Crippen LogP contribution >= 0.6 is 22.9 Å². The van der Waals surface area contributed by atoms with E-state index in [0.717, 1.165) is 6.07 Å². The van der Waals surface area contributed by atoms with Gasteiger partial charge in [-0.25, -0.2) is 0 Å². The summed E-state index contributed by atoms with van der Waals surface area (Å²) in [4.78, 5) is 10.9. The molecule has 2 N–H and O–H groups in total. The summed E-state index contributed by atoms with van der Waals surface area (Å²) in [6.07, 6.45) is -4.99. The van der Waals surface area contributed by atoms with Crippen LogP contribution in [0.5, 0.6) is 5.88 Å². The van der Waals surface area contributed by atoms with Crippen molar-refractivity contribution in [3.8, 4) is 5.88 Å². The molecule has 7 nitrogen and oxygen atoms in total. The van der Waals surface area contributed by atoms with E-state index in [1.165, 1.54) is 18.2 Å². The predicted octanol–water partition coefficient (Wildman–Crippen LogP) is 3.60. The number of thiazole rings is 1. The van der Waals surface area contributed by atoms with Crippen molar-refractivity contribution in [3.05, 3.63) is 77.7 Å². The molecular weight excluding hydrogens is 445 g/mol. The molecule has 1 aliphatic rings. The highest BCUT2D eigenvalue weighted by atomic mass is 35.5. The Balaban J connectivity index is 1.99. The van der Waals surface area contributed by atoms with E-state index < -0.39 is 22.5 Å². The lowest BCUT2D eigenvalue weighted by Gasteiger charge is -2.15. The van der Waals surface area contributed by atoms with Gasteiger partial charge >= 0.3 is 11.0 Å². The highest BCUT2D eigenvalue weighted by Crippen LogP contribution is 2.37. The molecule has 30 heavy (non-hydrogen) atoms. The number of rotatable bonds is 3. The third kappa shape index (κ3) is 3.57. The maximum atomic E-state index is 13.6. The van der Waals surface area contributed by atoms with Crippen LogP contribution in [0, 0.1) is 0 Å². The summed E-state index contributed by atoms with van der Waals surface area (Å²) in [5.74, 6) is -0.769. The lowest BCUT2D eigenvalue weighted by Crippen LogP contribution is -2.15. The van der Waals surface area contributed by atoms with Gasteiger partial charge in [-0.1, -0.05) is 35.1 Å². The fourth-order valence-electron chi connectivity index (χ4n) is 3.02. The Hall–Kier alpha value is -3.18. The Morgan fingerprint density at radius 1 is 1.20 bits per heavy atom. The molecule has 1 aliphatic heterocycles. The molecular formula is C18H10ClF3N4O3S. The molecule has 154 valence electrons. The Bertz CT molecular complexity index is 1380. The third-order valence-electron chi connectivity index (χ3n) is 4.41. The zero-order valence-corrected chi connectivity index (χ0v) is 16.3. The van der Waals surface area contributed by atoms with Gasteiger partial charge in [0.2, 0.25) is 5.88 Å². The second kappa shape index (κ2) is 7.26. The number of aromatic nitrogens is 1. The van der Waals surface area contributed by atoms with Gasteiger partial charge in [0.1, 0.15) is 11.0 Å². The van der Waals surface area contributed by atoms with Gasteiger partial charge < -0.3 is 10.3 Å². The maximum Gasteiger partial charge on any atom is 0.416 e. The van der Waals surface area contributed by atoms with Crippen molar-refractivity contribution in [1.29, 1.82) is 0 Å². The normalized spacial score (nSPS) is 13.9. The molecule has 0 fully saturated rings.